The van der Waals surface area contributed by atoms with Crippen LogP contribution in [-0.2, 0) is 9.84 Å². The summed E-state index contributed by atoms with van der Waals surface area (Å²) in [6.07, 6.45) is 2.67. The van der Waals surface area contributed by atoms with Crippen LogP contribution in [0.4, 0.5) is 5.69 Å². The molecule has 0 aliphatic carbocycles. The molecule has 0 spiro atoms. The highest BCUT2D eigenvalue weighted by Crippen LogP contribution is 2.21. The van der Waals surface area contributed by atoms with Gasteiger partial charge in [0.2, 0.25) is 0 Å². The van der Waals surface area contributed by atoms with Crippen LogP contribution in [0.1, 0.15) is 18.5 Å². The summed E-state index contributed by atoms with van der Waals surface area (Å²) in [7, 11) is -1.63. The summed E-state index contributed by atoms with van der Waals surface area (Å²) >= 11 is 0. The van der Waals surface area contributed by atoms with Crippen LogP contribution in [0, 0.1) is 0 Å². The van der Waals surface area contributed by atoms with E-state index in [1.54, 1.807) is 13.2 Å². The third-order valence-electron chi connectivity index (χ3n) is 3.12. The molecule has 0 saturated heterocycles. The van der Waals surface area contributed by atoms with E-state index < -0.39 is 9.84 Å². The number of hydrogen-bond donors (Lipinski definition) is 1. The Morgan fingerprint density at radius 1 is 1.14 bits per heavy atom. The van der Waals surface area contributed by atoms with Gasteiger partial charge in [-0.1, -0.05) is 12.1 Å². The first-order valence-corrected chi connectivity index (χ1v) is 8.36. The number of hydrogen-bond acceptors (Lipinski definition) is 5. The average Bonchev–Trinajstić information content (AvgIpc) is 2.47. The number of nitrogens with zero attached hydrogens (tertiary/aromatic N) is 1. The third kappa shape index (κ3) is 3.95. The van der Waals surface area contributed by atoms with E-state index in [0.29, 0.717) is 0 Å². The molecule has 5 nitrogen and oxygen atoms in total. The maximum atomic E-state index is 11.4. The van der Waals surface area contributed by atoms with Crippen molar-refractivity contribution in [3.8, 4) is 5.75 Å². The molecule has 21 heavy (non-hydrogen) atoms. The summed E-state index contributed by atoms with van der Waals surface area (Å²) in [5.41, 5.74) is 1.87. The van der Waals surface area contributed by atoms with E-state index in [4.69, 9.17) is 4.74 Å². The van der Waals surface area contributed by atoms with Crippen molar-refractivity contribution in [3.05, 3.63) is 48.2 Å². The second-order valence-electron chi connectivity index (χ2n) is 4.80. The number of benzene rings is 1. The van der Waals surface area contributed by atoms with Crippen molar-refractivity contribution in [2.45, 2.75) is 18.0 Å². The van der Waals surface area contributed by atoms with E-state index in [0.717, 1.165) is 23.3 Å². The molecule has 0 aliphatic heterocycles. The maximum absolute atomic E-state index is 11.4. The molecule has 1 heterocycles. The minimum atomic E-state index is -3.26. The highest BCUT2D eigenvalue weighted by molar-refractivity contribution is 7.90. The highest BCUT2D eigenvalue weighted by atomic mass is 32.2. The van der Waals surface area contributed by atoms with E-state index in [1.807, 2.05) is 31.2 Å². The Morgan fingerprint density at radius 2 is 1.81 bits per heavy atom. The van der Waals surface area contributed by atoms with Crippen LogP contribution < -0.4 is 10.1 Å². The highest BCUT2D eigenvalue weighted by Gasteiger charge is 2.10. The Labute approximate surface area is 124 Å². The number of sulfone groups is 1. The van der Waals surface area contributed by atoms with Gasteiger partial charge in [0.25, 0.3) is 0 Å². The second-order valence-corrected chi connectivity index (χ2v) is 6.76. The number of methoxy groups -OCH3 is 1. The predicted octanol–water partition coefficient (Wildman–Crippen LogP) is 2.67. The van der Waals surface area contributed by atoms with Crippen molar-refractivity contribution in [2.75, 3.05) is 18.7 Å². The summed E-state index contributed by atoms with van der Waals surface area (Å²) in [6, 6.07) is 11.0. The maximum Gasteiger partial charge on any atom is 0.192 e. The van der Waals surface area contributed by atoms with Gasteiger partial charge in [0.15, 0.2) is 14.9 Å². The topological polar surface area (TPSA) is 68.3 Å². The van der Waals surface area contributed by atoms with Gasteiger partial charge in [-0.25, -0.2) is 13.4 Å². The fourth-order valence-electron chi connectivity index (χ4n) is 1.91. The molecule has 1 aromatic heterocycles. The van der Waals surface area contributed by atoms with Crippen LogP contribution in [0.3, 0.4) is 0 Å². The monoisotopic (exact) mass is 306 g/mol. The zero-order valence-electron chi connectivity index (χ0n) is 12.2. The summed E-state index contributed by atoms with van der Waals surface area (Å²) in [6.45, 7) is 2.02. The van der Waals surface area contributed by atoms with Crippen LogP contribution in [0.5, 0.6) is 5.75 Å². The van der Waals surface area contributed by atoms with Gasteiger partial charge in [0.05, 0.1) is 19.0 Å². The quantitative estimate of drug-likeness (QED) is 0.920. The van der Waals surface area contributed by atoms with Gasteiger partial charge in [-0.15, -0.1) is 0 Å². The standard InChI is InChI=1S/C15H18N2O3S/c1-11(12-4-7-14(20-2)8-5-12)17-13-6-9-15(16-10-13)21(3,18)19/h4-11,17H,1-3H3. The van der Waals surface area contributed by atoms with Crippen LogP contribution in [0.2, 0.25) is 0 Å². The Kier molecular flexibility index (Phi) is 4.47. The molecule has 0 aliphatic rings. The van der Waals surface area contributed by atoms with Gasteiger partial charge in [0.1, 0.15) is 5.75 Å². The molecule has 0 amide bonds. The normalized spacial score (nSPS) is 12.7. The van der Waals surface area contributed by atoms with Gasteiger partial charge in [-0.05, 0) is 36.8 Å². The van der Waals surface area contributed by atoms with Crippen molar-refractivity contribution in [2.24, 2.45) is 0 Å². The van der Waals surface area contributed by atoms with E-state index in [1.165, 1.54) is 12.3 Å². The molecule has 2 aromatic rings. The molecular formula is C15H18N2O3S. The van der Waals surface area contributed by atoms with Crippen molar-refractivity contribution >= 4 is 15.5 Å². The van der Waals surface area contributed by atoms with Crippen molar-refractivity contribution < 1.29 is 13.2 Å². The zero-order valence-corrected chi connectivity index (χ0v) is 13.0. The van der Waals surface area contributed by atoms with Crippen LogP contribution >= 0.6 is 0 Å². The molecule has 0 saturated carbocycles. The first-order chi connectivity index (χ1) is 9.90. The smallest absolute Gasteiger partial charge is 0.192 e. The van der Waals surface area contributed by atoms with Gasteiger partial charge in [-0.2, -0.15) is 0 Å². The first-order valence-electron chi connectivity index (χ1n) is 6.47. The lowest BCUT2D eigenvalue weighted by molar-refractivity contribution is 0.414. The minimum absolute atomic E-state index is 0.0711. The molecule has 6 heteroatoms. The molecule has 0 bridgehead atoms. The Balaban J connectivity index is 2.10. The average molecular weight is 306 g/mol. The molecular weight excluding hydrogens is 288 g/mol. The number of anilines is 1. The number of pyridine rings is 1. The lowest BCUT2D eigenvalue weighted by Crippen LogP contribution is -2.07. The van der Waals surface area contributed by atoms with Gasteiger partial charge >= 0.3 is 0 Å². The molecule has 1 atom stereocenters. The van der Waals surface area contributed by atoms with E-state index in [9.17, 15) is 8.42 Å². The second kappa shape index (κ2) is 6.13. The molecule has 1 N–H and O–H groups in total. The van der Waals surface area contributed by atoms with Crippen molar-refractivity contribution in [1.82, 2.24) is 4.98 Å². The van der Waals surface area contributed by atoms with Crippen LogP contribution in [0.25, 0.3) is 0 Å². The van der Waals surface area contributed by atoms with E-state index in [-0.39, 0.29) is 11.1 Å². The van der Waals surface area contributed by atoms with Gasteiger partial charge in [-0.3, -0.25) is 0 Å². The van der Waals surface area contributed by atoms with Crippen LogP contribution in [0.15, 0.2) is 47.6 Å². The Bertz CT molecular complexity index is 695. The summed E-state index contributed by atoms with van der Waals surface area (Å²) in [4.78, 5) is 3.95. The Hall–Kier alpha value is -2.08. The summed E-state index contributed by atoms with van der Waals surface area (Å²) in [5.74, 6) is 0.810. The molecule has 0 radical (unpaired) electrons. The van der Waals surface area contributed by atoms with Crippen molar-refractivity contribution in [1.29, 1.82) is 0 Å². The molecule has 1 aromatic carbocycles. The fourth-order valence-corrected chi connectivity index (χ4v) is 2.47. The number of aromatic nitrogens is 1. The SMILES string of the molecule is COc1ccc(C(C)Nc2ccc(S(C)(=O)=O)nc2)cc1. The predicted molar refractivity (Wildman–Crippen MR) is 82.4 cm³/mol. The zero-order chi connectivity index (χ0) is 15.5. The molecule has 112 valence electrons. The lowest BCUT2D eigenvalue weighted by atomic mass is 10.1. The summed E-state index contributed by atoms with van der Waals surface area (Å²) < 4.78 is 27.8. The molecule has 2 rings (SSSR count). The van der Waals surface area contributed by atoms with E-state index in [2.05, 4.69) is 10.3 Å². The first kappa shape index (κ1) is 15.3. The number of nitrogens with one attached hydrogen (secondary N) is 1. The minimum Gasteiger partial charge on any atom is -0.497 e. The number of ether oxygens (including phenoxy) is 1. The number of rotatable bonds is 5. The molecule has 1 unspecified atom stereocenters. The lowest BCUT2D eigenvalue weighted by Gasteiger charge is -2.16. The largest absolute Gasteiger partial charge is 0.497 e. The Morgan fingerprint density at radius 3 is 2.29 bits per heavy atom. The van der Waals surface area contributed by atoms with Crippen molar-refractivity contribution in [3.63, 3.8) is 0 Å². The molecule has 0 fully saturated rings. The van der Waals surface area contributed by atoms with Crippen LogP contribution in [-0.4, -0.2) is 26.8 Å². The van der Waals surface area contributed by atoms with Gasteiger partial charge < -0.3 is 10.1 Å². The fraction of sp³-hybridized carbons (Fsp3) is 0.267. The van der Waals surface area contributed by atoms with E-state index >= 15 is 0 Å². The summed E-state index contributed by atoms with van der Waals surface area (Å²) in [5, 5.41) is 3.35. The third-order valence-corrected chi connectivity index (χ3v) is 4.12. The van der Waals surface area contributed by atoms with Gasteiger partial charge in [0, 0.05) is 12.3 Å².